The first-order valence-corrected chi connectivity index (χ1v) is 15.4. The minimum Gasteiger partial charge on any atom is -0.462 e. The Balaban J connectivity index is 1.13. The lowest BCUT2D eigenvalue weighted by Gasteiger charge is -2.21. The summed E-state index contributed by atoms with van der Waals surface area (Å²) in [4.78, 5) is 38.5. The first-order valence-electron chi connectivity index (χ1n) is 15.4. The van der Waals surface area contributed by atoms with Crippen molar-refractivity contribution in [1.29, 1.82) is 0 Å². The van der Waals surface area contributed by atoms with Gasteiger partial charge in [0.1, 0.15) is 12.4 Å². The quantitative estimate of drug-likeness (QED) is 0.241. The molecular weight excluding hydrogens is 576 g/mol. The minimum atomic E-state index is -0.522. The number of aromatic nitrogens is 4. The molecule has 12 nitrogen and oxygen atoms in total. The SMILES string of the molecule is CCOC(=O)c1cccc(C)c1COCC1CC(n2cnc3c(NC(=O)NC4CC4)ncnc32)C2O[C@@H](c3ccccc3)OC12. The van der Waals surface area contributed by atoms with E-state index in [4.69, 9.17) is 18.9 Å². The number of amides is 2. The van der Waals surface area contributed by atoms with Crippen LogP contribution in [0.4, 0.5) is 10.6 Å². The van der Waals surface area contributed by atoms with Gasteiger partial charge in [0.2, 0.25) is 0 Å². The number of nitrogens with zero attached hydrogens (tertiary/aromatic N) is 4. The zero-order valence-electron chi connectivity index (χ0n) is 25.2. The average molecular weight is 613 g/mol. The maximum absolute atomic E-state index is 12.6. The molecule has 7 rings (SSSR count). The Morgan fingerprint density at radius 3 is 2.64 bits per heavy atom. The largest absolute Gasteiger partial charge is 0.462 e. The Labute approximate surface area is 260 Å². The number of urea groups is 1. The normalized spacial score (nSPS) is 24.0. The van der Waals surface area contributed by atoms with Crippen molar-refractivity contribution in [2.24, 2.45) is 5.92 Å². The molecule has 0 spiro atoms. The molecule has 234 valence electrons. The molecule has 1 aliphatic heterocycles. The summed E-state index contributed by atoms with van der Waals surface area (Å²) in [7, 11) is 0. The maximum Gasteiger partial charge on any atom is 0.338 e. The predicted molar refractivity (Wildman–Crippen MR) is 163 cm³/mol. The average Bonchev–Trinajstić information content (AvgIpc) is 3.43. The van der Waals surface area contributed by atoms with Gasteiger partial charge in [-0.05, 0) is 50.3 Å². The fourth-order valence-corrected chi connectivity index (χ4v) is 6.29. The lowest BCUT2D eigenvalue weighted by Crippen LogP contribution is -2.30. The van der Waals surface area contributed by atoms with E-state index >= 15 is 0 Å². The van der Waals surface area contributed by atoms with Crippen molar-refractivity contribution < 1.29 is 28.5 Å². The number of carbonyl (C=O) groups excluding carboxylic acids is 2. The number of carbonyl (C=O) groups is 2. The van der Waals surface area contributed by atoms with Crippen LogP contribution >= 0.6 is 0 Å². The van der Waals surface area contributed by atoms with Gasteiger partial charge in [0, 0.05) is 17.5 Å². The van der Waals surface area contributed by atoms with E-state index in [0.29, 0.717) is 42.2 Å². The van der Waals surface area contributed by atoms with E-state index in [1.165, 1.54) is 6.33 Å². The van der Waals surface area contributed by atoms with Crippen LogP contribution in [0.25, 0.3) is 11.2 Å². The molecule has 5 atom stereocenters. The molecule has 1 saturated heterocycles. The summed E-state index contributed by atoms with van der Waals surface area (Å²) < 4.78 is 26.7. The number of anilines is 1. The molecule has 3 fully saturated rings. The van der Waals surface area contributed by atoms with Gasteiger partial charge in [0.15, 0.2) is 23.3 Å². The summed E-state index contributed by atoms with van der Waals surface area (Å²) >= 11 is 0. The third kappa shape index (κ3) is 6.00. The second-order valence-corrected chi connectivity index (χ2v) is 11.8. The summed E-state index contributed by atoms with van der Waals surface area (Å²) in [6.45, 7) is 4.73. The van der Waals surface area contributed by atoms with E-state index < -0.39 is 6.29 Å². The molecule has 3 heterocycles. The molecule has 2 aromatic heterocycles. The third-order valence-corrected chi connectivity index (χ3v) is 8.69. The van der Waals surface area contributed by atoms with Crippen LogP contribution in [0.1, 0.15) is 65.6 Å². The zero-order chi connectivity index (χ0) is 30.9. The summed E-state index contributed by atoms with van der Waals surface area (Å²) in [5.41, 5.74) is 4.34. The van der Waals surface area contributed by atoms with Gasteiger partial charge in [-0.25, -0.2) is 24.5 Å². The summed E-state index contributed by atoms with van der Waals surface area (Å²) in [5.74, 6) is -0.00966. The fraction of sp³-hybridized carbons (Fsp3) is 0.424. The Kier molecular flexibility index (Phi) is 8.18. The number of nitrogens with one attached hydrogen (secondary N) is 2. The highest BCUT2D eigenvalue weighted by atomic mass is 16.7. The van der Waals surface area contributed by atoms with Gasteiger partial charge >= 0.3 is 12.0 Å². The van der Waals surface area contributed by atoms with Crippen molar-refractivity contribution >= 4 is 29.0 Å². The Morgan fingerprint density at radius 1 is 1.02 bits per heavy atom. The summed E-state index contributed by atoms with van der Waals surface area (Å²) in [5, 5.41) is 5.74. The first kappa shape index (κ1) is 29.3. The number of hydrogen-bond acceptors (Lipinski definition) is 9. The van der Waals surface area contributed by atoms with Crippen LogP contribution in [-0.2, 0) is 25.6 Å². The van der Waals surface area contributed by atoms with Gasteiger partial charge < -0.3 is 28.8 Å². The smallest absolute Gasteiger partial charge is 0.338 e. The highest BCUT2D eigenvalue weighted by Crippen LogP contribution is 2.48. The molecule has 2 saturated carbocycles. The van der Waals surface area contributed by atoms with Crippen molar-refractivity contribution in [1.82, 2.24) is 24.8 Å². The van der Waals surface area contributed by atoms with E-state index in [9.17, 15) is 9.59 Å². The molecular formula is C33H36N6O6. The molecule has 3 aliphatic rings. The molecule has 2 aromatic carbocycles. The van der Waals surface area contributed by atoms with Crippen molar-refractivity contribution in [2.45, 2.75) is 70.3 Å². The molecule has 4 aromatic rings. The first-order chi connectivity index (χ1) is 22.0. The maximum atomic E-state index is 12.6. The van der Waals surface area contributed by atoms with Gasteiger partial charge in [0.25, 0.3) is 0 Å². The summed E-state index contributed by atoms with van der Waals surface area (Å²) in [6.07, 6.45) is 4.76. The van der Waals surface area contributed by atoms with Crippen molar-refractivity contribution in [3.8, 4) is 0 Å². The van der Waals surface area contributed by atoms with Gasteiger partial charge in [-0.3, -0.25) is 5.32 Å². The van der Waals surface area contributed by atoms with Crippen LogP contribution in [0.3, 0.4) is 0 Å². The van der Waals surface area contributed by atoms with Crippen LogP contribution in [0.5, 0.6) is 0 Å². The molecule has 2 N–H and O–H groups in total. The highest BCUT2D eigenvalue weighted by molar-refractivity contribution is 5.96. The fourth-order valence-electron chi connectivity index (χ4n) is 6.29. The Hall–Kier alpha value is -4.39. The topological polar surface area (TPSA) is 139 Å². The standard InChI is InChI=1S/C33H36N6O6/c1-3-43-31(40)23-11-7-8-19(2)24(23)16-42-15-21-14-25(28-27(21)44-32(45-28)20-9-5-4-6-10-20)39-18-36-26-29(34-17-35-30(26)39)38-33(41)37-22-12-13-22/h4-11,17-18,21-22,25,27-28,32H,3,12-16H2,1-2H3,(H2,34,35,37,38,41)/t21?,25?,27?,28?,32-/m0/s1. The molecule has 0 radical (unpaired) electrons. The molecule has 45 heavy (non-hydrogen) atoms. The minimum absolute atomic E-state index is 0.00928. The lowest BCUT2D eigenvalue weighted by atomic mass is 10.0. The van der Waals surface area contributed by atoms with Gasteiger partial charge in [-0.1, -0.05) is 42.5 Å². The second-order valence-electron chi connectivity index (χ2n) is 11.8. The van der Waals surface area contributed by atoms with Crippen LogP contribution in [0, 0.1) is 12.8 Å². The lowest BCUT2D eigenvalue weighted by molar-refractivity contribution is -0.0935. The van der Waals surface area contributed by atoms with E-state index in [1.54, 1.807) is 19.3 Å². The van der Waals surface area contributed by atoms with Gasteiger partial charge in [-0.15, -0.1) is 0 Å². The number of imidazole rings is 1. The number of ether oxygens (including phenoxy) is 4. The number of benzene rings is 2. The van der Waals surface area contributed by atoms with Crippen molar-refractivity contribution in [2.75, 3.05) is 18.5 Å². The van der Waals surface area contributed by atoms with Crippen LogP contribution < -0.4 is 10.6 Å². The number of fused-ring (bicyclic) bond motifs is 2. The molecule has 2 amide bonds. The third-order valence-electron chi connectivity index (χ3n) is 8.69. The number of aryl methyl sites for hydroxylation is 1. The Morgan fingerprint density at radius 2 is 1.84 bits per heavy atom. The van der Waals surface area contributed by atoms with Gasteiger partial charge in [-0.2, -0.15) is 0 Å². The van der Waals surface area contributed by atoms with E-state index in [-0.39, 0.29) is 48.8 Å². The van der Waals surface area contributed by atoms with Crippen LogP contribution in [0.15, 0.2) is 61.2 Å². The van der Waals surface area contributed by atoms with E-state index in [0.717, 1.165) is 29.5 Å². The van der Waals surface area contributed by atoms with Crippen molar-refractivity contribution in [3.63, 3.8) is 0 Å². The van der Waals surface area contributed by atoms with E-state index in [2.05, 4.69) is 25.6 Å². The predicted octanol–water partition coefficient (Wildman–Crippen LogP) is 4.86. The summed E-state index contributed by atoms with van der Waals surface area (Å²) in [6, 6.07) is 15.2. The van der Waals surface area contributed by atoms with Gasteiger partial charge in [0.05, 0.1) is 43.9 Å². The number of rotatable bonds is 10. The molecule has 0 bridgehead atoms. The molecule has 4 unspecified atom stereocenters. The number of hydrogen-bond donors (Lipinski definition) is 2. The second kappa shape index (κ2) is 12.5. The monoisotopic (exact) mass is 612 g/mol. The van der Waals surface area contributed by atoms with Crippen molar-refractivity contribution in [3.05, 3.63) is 83.4 Å². The van der Waals surface area contributed by atoms with E-state index in [1.807, 2.05) is 54.0 Å². The number of esters is 1. The zero-order valence-corrected chi connectivity index (χ0v) is 25.2. The molecule has 2 aliphatic carbocycles. The molecule has 12 heteroatoms. The Bertz CT molecular complexity index is 1690. The van der Waals surface area contributed by atoms with Crippen LogP contribution in [0.2, 0.25) is 0 Å². The van der Waals surface area contributed by atoms with Crippen LogP contribution in [-0.4, -0.2) is 63.0 Å². The highest BCUT2D eigenvalue weighted by Gasteiger charge is 2.52.